The van der Waals surface area contributed by atoms with Crippen molar-refractivity contribution in [1.82, 2.24) is 9.88 Å². The number of nitrogens with zero attached hydrogens (tertiary/aromatic N) is 2. The SMILES string of the molecule is CC(=O)Nc1ccc2c(n1)-c1ccc(OCC(C)(CC(C)C)N(C(=O)O)C(C)(C)C)cc1OC2. The third-order valence-corrected chi connectivity index (χ3v) is 5.67. The fourth-order valence-corrected chi connectivity index (χ4v) is 4.81. The van der Waals surface area contributed by atoms with Crippen LogP contribution in [0.2, 0.25) is 0 Å². The van der Waals surface area contributed by atoms with E-state index in [2.05, 4.69) is 24.1 Å². The number of carboxylic acid groups (broad SMARTS) is 1. The third kappa shape index (κ3) is 5.61. The lowest BCUT2D eigenvalue weighted by atomic mass is 9.86. The van der Waals surface area contributed by atoms with Crippen LogP contribution < -0.4 is 14.8 Å². The average molecular weight is 470 g/mol. The number of carbonyl (C=O) groups excluding carboxylic acids is 1. The van der Waals surface area contributed by atoms with Crippen molar-refractivity contribution in [1.29, 1.82) is 0 Å². The molecule has 1 aromatic heterocycles. The normalized spacial score (nSPS) is 14.4. The van der Waals surface area contributed by atoms with Crippen molar-refractivity contribution in [3.8, 4) is 22.8 Å². The number of pyridine rings is 1. The van der Waals surface area contributed by atoms with Gasteiger partial charge in [-0.05, 0) is 64.3 Å². The minimum absolute atomic E-state index is 0.182. The van der Waals surface area contributed by atoms with E-state index in [-0.39, 0.29) is 18.4 Å². The first-order chi connectivity index (χ1) is 15.8. The van der Waals surface area contributed by atoms with Gasteiger partial charge < -0.3 is 19.9 Å². The summed E-state index contributed by atoms with van der Waals surface area (Å²) in [5.41, 5.74) is 1.19. The Morgan fingerprint density at radius 3 is 2.50 bits per heavy atom. The van der Waals surface area contributed by atoms with Gasteiger partial charge in [-0.25, -0.2) is 9.78 Å². The lowest BCUT2D eigenvalue weighted by Crippen LogP contribution is -2.61. The Labute approximate surface area is 201 Å². The summed E-state index contributed by atoms with van der Waals surface area (Å²) in [6.45, 7) is 13.8. The Bertz CT molecular complexity index is 1080. The van der Waals surface area contributed by atoms with Crippen molar-refractivity contribution in [3.63, 3.8) is 0 Å². The number of hydrogen-bond acceptors (Lipinski definition) is 5. The maximum atomic E-state index is 12.2. The van der Waals surface area contributed by atoms with Crippen LogP contribution in [0.15, 0.2) is 30.3 Å². The second kappa shape index (κ2) is 9.52. The van der Waals surface area contributed by atoms with Gasteiger partial charge in [-0.1, -0.05) is 13.8 Å². The van der Waals surface area contributed by atoms with E-state index in [1.807, 2.05) is 52.0 Å². The molecule has 2 aromatic rings. The molecule has 0 aliphatic carbocycles. The molecule has 34 heavy (non-hydrogen) atoms. The van der Waals surface area contributed by atoms with Crippen molar-refractivity contribution in [3.05, 3.63) is 35.9 Å². The number of benzene rings is 1. The predicted octanol–water partition coefficient (Wildman–Crippen LogP) is 5.56. The van der Waals surface area contributed by atoms with Crippen molar-refractivity contribution in [2.45, 2.75) is 72.6 Å². The topological polar surface area (TPSA) is 101 Å². The van der Waals surface area contributed by atoms with Crippen LogP contribution in [0.3, 0.4) is 0 Å². The lowest BCUT2D eigenvalue weighted by molar-refractivity contribution is -0.114. The summed E-state index contributed by atoms with van der Waals surface area (Å²) >= 11 is 0. The summed E-state index contributed by atoms with van der Waals surface area (Å²) in [5, 5.41) is 12.7. The molecule has 0 radical (unpaired) electrons. The van der Waals surface area contributed by atoms with Crippen LogP contribution in [0.5, 0.6) is 11.5 Å². The van der Waals surface area contributed by atoms with Crippen LogP contribution in [-0.2, 0) is 11.4 Å². The Morgan fingerprint density at radius 2 is 1.91 bits per heavy atom. The molecule has 8 heteroatoms. The molecule has 0 fully saturated rings. The second-order valence-electron chi connectivity index (χ2n) is 10.5. The number of hydrogen-bond donors (Lipinski definition) is 2. The van der Waals surface area contributed by atoms with Crippen LogP contribution in [0.25, 0.3) is 11.3 Å². The molecule has 0 spiro atoms. The number of carbonyl (C=O) groups is 2. The summed E-state index contributed by atoms with van der Waals surface area (Å²) in [5.74, 6) is 1.81. The van der Waals surface area contributed by atoms with Gasteiger partial charge in [-0.2, -0.15) is 0 Å². The van der Waals surface area contributed by atoms with Gasteiger partial charge in [0.05, 0.1) is 11.2 Å². The van der Waals surface area contributed by atoms with Crippen molar-refractivity contribution < 1.29 is 24.2 Å². The number of ether oxygens (including phenoxy) is 2. The third-order valence-electron chi connectivity index (χ3n) is 5.67. The van der Waals surface area contributed by atoms with Gasteiger partial charge in [0.2, 0.25) is 5.91 Å². The Kier molecular flexibility index (Phi) is 7.10. The van der Waals surface area contributed by atoms with Crippen LogP contribution in [-0.4, -0.2) is 44.7 Å². The Morgan fingerprint density at radius 1 is 1.21 bits per heavy atom. The van der Waals surface area contributed by atoms with Gasteiger partial charge in [0.25, 0.3) is 0 Å². The Hall–Kier alpha value is -3.29. The van der Waals surface area contributed by atoms with E-state index >= 15 is 0 Å². The van der Waals surface area contributed by atoms with Gasteiger partial charge in [-0.15, -0.1) is 0 Å². The number of nitrogens with one attached hydrogen (secondary N) is 1. The molecule has 0 saturated carbocycles. The van der Waals surface area contributed by atoms with Crippen molar-refractivity contribution in [2.24, 2.45) is 5.92 Å². The smallest absolute Gasteiger partial charge is 0.408 e. The largest absolute Gasteiger partial charge is 0.491 e. The first-order valence-electron chi connectivity index (χ1n) is 11.5. The van der Waals surface area contributed by atoms with Gasteiger partial charge in [-0.3, -0.25) is 9.69 Å². The number of anilines is 1. The molecule has 0 bridgehead atoms. The maximum absolute atomic E-state index is 12.2. The number of amides is 2. The molecule has 3 rings (SSSR count). The molecule has 2 heterocycles. The number of rotatable bonds is 7. The van der Waals surface area contributed by atoms with Crippen molar-refractivity contribution >= 4 is 17.8 Å². The van der Waals surface area contributed by atoms with Gasteiger partial charge in [0, 0.05) is 29.7 Å². The molecule has 8 nitrogen and oxygen atoms in total. The zero-order valence-corrected chi connectivity index (χ0v) is 21.1. The minimum Gasteiger partial charge on any atom is -0.491 e. The fraction of sp³-hybridized carbons (Fsp3) is 0.500. The summed E-state index contributed by atoms with van der Waals surface area (Å²) in [4.78, 5) is 29.7. The summed E-state index contributed by atoms with van der Waals surface area (Å²) < 4.78 is 12.1. The highest BCUT2D eigenvalue weighted by molar-refractivity contribution is 5.88. The minimum atomic E-state index is -0.967. The standard InChI is InChI=1S/C26H35N3O5/c1-16(2)13-26(7,29(24(31)32)25(4,5)6)15-34-19-9-10-20-21(12-19)33-14-18-8-11-22(27-17(3)30)28-23(18)20/h8-12,16H,13-15H2,1-7H3,(H,31,32)(H,27,28,30). The molecular weight excluding hydrogens is 434 g/mol. The Balaban J connectivity index is 1.87. The zero-order valence-electron chi connectivity index (χ0n) is 21.1. The van der Waals surface area contributed by atoms with E-state index in [1.165, 1.54) is 11.8 Å². The van der Waals surface area contributed by atoms with Crippen molar-refractivity contribution in [2.75, 3.05) is 11.9 Å². The molecule has 1 aromatic carbocycles. The predicted molar refractivity (Wildman–Crippen MR) is 131 cm³/mol. The first-order valence-corrected chi connectivity index (χ1v) is 11.5. The summed E-state index contributed by atoms with van der Waals surface area (Å²) in [6.07, 6.45) is -0.313. The average Bonchev–Trinajstić information content (AvgIpc) is 2.69. The fourth-order valence-electron chi connectivity index (χ4n) is 4.81. The molecule has 184 valence electrons. The highest BCUT2D eigenvalue weighted by Crippen LogP contribution is 2.40. The molecule has 0 saturated heterocycles. The number of fused-ring (bicyclic) bond motifs is 3. The monoisotopic (exact) mass is 469 g/mol. The zero-order chi connectivity index (χ0) is 25.3. The van der Waals surface area contributed by atoms with E-state index in [4.69, 9.17) is 9.47 Å². The molecule has 2 amide bonds. The molecule has 1 aliphatic heterocycles. The van der Waals surface area contributed by atoms with E-state index in [9.17, 15) is 14.7 Å². The molecule has 1 unspecified atom stereocenters. The van der Waals surface area contributed by atoms with Crippen LogP contribution in [0, 0.1) is 5.92 Å². The highest BCUT2D eigenvalue weighted by Gasteiger charge is 2.43. The van der Waals surface area contributed by atoms with E-state index in [1.54, 1.807) is 6.07 Å². The molecular formula is C26H35N3O5. The lowest BCUT2D eigenvalue weighted by Gasteiger charge is -2.47. The molecule has 2 N–H and O–H groups in total. The second-order valence-corrected chi connectivity index (χ2v) is 10.5. The van der Waals surface area contributed by atoms with Gasteiger partial charge >= 0.3 is 6.09 Å². The van der Waals surface area contributed by atoms with Gasteiger partial charge in [0.1, 0.15) is 30.5 Å². The first kappa shape index (κ1) is 25.3. The summed E-state index contributed by atoms with van der Waals surface area (Å²) in [7, 11) is 0. The van der Waals surface area contributed by atoms with E-state index < -0.39 is 17.2 Å². The van der Waals surface area contributed by atoms with E-state index in [0.29, 0.717) is 30.3 Å². The van der Waals surface area contributed by atoms with Crippen LogP contribution in [0.1, 0.15) is 60.5 Å². The van der Waals surface area contributed by atoms with Gasteiger partial charge in [0.15, 0.2) is 0 Å². The molecule has 1 atom stereocenters. The van der Waals surface area contributed by atoms with Crippen LogP contribution >= 0.6 is 0 Å². The molecule has 1 aliphatic rings. The number of aromatic nitrogens is 1. The quantitative estimate of drug-likeness (QED) is 0.550. The maximum Gasteiger partial charge on any atom is 0.408 e. The van der Waals surface area contributed by atoms with E-state index in [0.717, 1.165) is 16.8 Å². The van der Waals surface area contributed by atoms with Crippen LogP contribution in [0.4, 0.5) is 10.6 Å². The highest BCUT2D eigenvalue weighted by atomic mass is 16.5. The summed E-state index contributed by atoms with van der Waals surface area (Å²) in [6, 6.07) is 9.17.